The molecule has 13 heavy (non-hydrogen) atoms. The van der Waals surface area contributed by atoms with Gasteiger partial charge in [0, 0.05) is 19.6 Å². The molecule has 74 valence electrons. The van der Waals surface area contributed by atoms with Crippen molar-refractivity contribution < 1.29 is 14.4 Å². The number of carbonyl (C=O) groups is 3. The molecule has 0 saturated carbocycles. The van der Waals surface area contributed by atoms with Crippen LogP contribution in [0.1, 0.15) is 20.8 Å². The second-order valence-corrected chi connectivity index (χ2v) is 3.86. The van der Waals surface area contributed by atoms with Gasteiger partial charge in [0.1, 0.15) is 0 Å². The quantitative estimate of drug-likeness (QED) is 0.716. The van der Waals surface area contributed by atoms with Crippen LogP contribution in [0.2, 0.25) is 0 Å². The number of rotatable bonds is 4. The van der Waals surface area contributed by atoms with Crippen molar-refractivity contribution in [1.82, 2.24) is 5.32 Å². The lowest BCUT2D eigenvalue weighted by atomic mass is 10.2. The number of thioether (sulfide) groups is 1. The number of carbonyl (C=O) groups excluding carboxylic acids is 3. The van der Waals surface area contributed by atoms with Crippen LogP contribution in [0.25, 0.3) is 0 Å². The highest BCUT2D eigenvalue weighted by Crippen LogP contribution is 2.04. The highest BCUT2D eigenvalue weighted by Gasteiger charge is 2.15. The molecule has 0 aromatic carbocycles. The van der Waals surface area contributed by atoms with Crippen LogP contribution < -0.4 is 5.32 Å². The van der Waals surface area contributed by atoms with Gasteiger partial charge in [-0.15, -0.1) is 0 Å². The molecular formula is C8H13NO3S. The zero-order chi connectivity index (χ0) is 10.4. The minimum absolute atomic E-state index is 0.0587. The van der Waals surface area contributed by atoms with Crippen LogP contribution in [-0.4, -0.2) is 28.6 Å². The molecule has 0 radical (unpaired) electrons. The van der Waals surface area contributed by atoms with Crippen molar-refractivity contribution in [2.45, 2.75) is 26.8 Å². The number of amides is 1. The maximum atomic E-state index is 11.0. The Bertz CT molecular complexity index is 227. The molecule has 0 aromatic rings. The van der Waals surface area contributed by atoms with Crippen molar-refractivity contribution in [2.24, 2.45) is 0 Å². The minimum atomic E-state index is -0.550. The van der Waals surface area contributed by atoms with Crippen LogP contribution in [0, 0.1) is 0 Å². The Labute approximate surface area is 81.5 Å². The Morgan fingerprint density at radius 1 is 1.23 bits per heavy atom. The Kier molecular flexibility index (Phi) is 5.37. The van der Waals surface area contributed by atoms with Gasteiger partial charge in [-0.2, -0.15) is 0 Å². The van der Waals surface area contributed by atoms with E-state index < -0.39 is 6.04 Å². The molecule has 1 atom stereocenters. The Balaban J connectivity index is 4.02. The largest absolute Gasteiger partial charge is 0.346 e. The normalized spacial score (nSPS) is 11.9. The van der Waals surface area contributed by atoms with Gasteiger partial charge in [0.15, 0.2) is 10.9 Å². The molecular weight excluding hydrogens is 190 g/mol. The fraction of sp³-hybridized carbons (Fsp3) is 0.625. The summed E-state index contributed by atoms with van der Waals surface area (Å²) in [5.41, 5.74) is 0. The maximum absolute atomic E-state index is 11.0. The van der Waals surface area contributed by atoms with Crippen molar-refractivity contribution in [3.8, 4) is 0 Å². The lowest BCUT2D eigenvalue weighted by Gasteiger charge is -2.12. The van der Waals surface area contributed by atoms with Crippen molar-refractivity contribution in [3.05, 3.63) is 0 Å². The fourth-order valence-electron chi connectivity index (χ4n) is 0.707. The summed E-state index contributed by atoms with van der Waals surface area (Å²) in [7, 11) is 0. The zero-order valence-electron chi connectivity index (χ0n) is 7.92. The summed E-state index contributed by atoms with van der Waals surface area (Å²) in [5.74, 6) is -0.0853. The maximum Gasteiger partial charge on any atom is 0.217 e. The molecule has 0 bridgehead atoms. The van der Waals surface area contributed by atoms with Crippen LogP contribution in [-0.2, 0) is 14.4 Å². The van der Waals surface area contributed by atoms with E-state index in [0.29, 0.717) is 5.75 Å². The summed E-state index contributed by atoms with van der Waals surface area (Å²) < 4.78 is 0. The van der Waals surface area contributed by atoms with Crippen molar-refractivity contribution in [2.75, 3.05) is 5.75 Å². The minimum Gasteiger partial charge on any atom is -0.346 e. The van der Waals surface area contributed by atoms with Crippen molar-refractivity contribution in [3.63, 3.8) is 0 Å². The van der Waals surface area contributed by atoms with Gasteiger partial charge in [0.05, 0.1) is 6.04 Å². The molecule has 0 aliphatic heterocycles. The van der Waals surface area contributed by atoms with E-state index in [1.807, 2.05) is 0 Å². The number of Topliss-reactive ketones (excluding diaryl/α,β-unsaturated/α-hetero) is 1. The molecule has 0 aliphatic rings. The lowest BCUT2D eigenvalue weighted by Crippen LogP contribution is -2.40. The van der Waals surface area contributed by atoms with Crippen LogP contribution in [0.3, 0.4) is 0 Å². The van der Waals surface area contributed by atoms with E-state index in [1.165, 1.54) is 20.8 Å². The molecule has 0 fully saturated rings. The number of ketones is 1. The number of hydrogen-bond acceptors (Lipinski definition) is 4. The van der Waals surface area contributed by atoms with E-state index in [1.54, 1.807) is 0 Å². The second kappa shape index (κ2) is 5.75. The van der Waals surface area contributed by atoms with Crippen molar-refractivity contribution >= 4 is 28.6 Å². The zero-order valence-corrected chi connectivity index (χ0v) is 8.73. The molecule has 0 rings (SSSR count). The molecule has 1 amide bonds. The lowest BCUT2D eigenvalue weighted by molar-refractivity contribution is -0.125. The monoisotopic (exact) mass is 203 g/mol. The predicted octanol–water partition coefficient (Wildman–Crippen LogP) is 0.360. The van der Waals surface area contributed by atoms with E-state index in [2.05, 4.69) is 5.32 Å². The third-order valence-electron chi connectivity index (χ3n) is 1.32. The standard InChI is InChI=1S/C8H13NO3S/c1-5(10)8(9-6(2)11)4-13-7(3)12/h8H,4H2,1-3H3,(H,9,11)/t8-/m0/s1. The molecule has 0 aromatic heterocycles. The van der Waals surface area contributed by atoms with E-state index >= 15 is 0 Å². The highest BCUT2D eigenvalue weighted by atomic mass is 32.2. The smallest absolute Gasteiger partial charge is 0.217 e. The first-order valence-corrected chi connectivity index (χ1v) is 4.83. The third kappa shape index (κ3) is 6.33. The predicted molar refractivity (Wildman–Crippen MR) is 51.4 cm³/mol. The molecule has 4 nitrogen and oxygen atoms in total. The van der Waals surface area contributed by atoms with Gasteiger partial charge in [-0.3, -0.25) is 14.4 Å². The third-order valence-corrected chi connectivity index (χ3v) is 2.23. The van der Waals surface area contributed by atoms with E-state index in [0.717, 1.165) is 11.8 Å². The van der Waals surface area contributed by atoms with Gasteiger partial charge in [0.25, 0.3) is 0 Å². The van der Waals surface area contributed by atoms with E-state index in [4.69, 9.17) is 0 Å². The van der Waals surface area contributed by atoms with Crippen LogP contribution >= 0.6 is 11.8 Å². The first kappa shape index (κ1) is 12.2. The number of nitrogens with one attached hydrogen (secondary N) is 1. The topological polar surface area (TPSA) is 63.2 Å². The van der Waals surface area contributed by atoms with Crippen LogP contribution in [0.4, 0.5) is 0 Å². The average molecular weight is 203 g/mol. The van der Waals surface area contributed by atoms with Gasteiger partial charge in [0.2, 0.25) is 5.91 Å². The highest BCUT2D eigenvalue weighted by molar-refractivity contribution is 8.13. The molecule has 1 N–H and O–H groups in total. The molecule has 0 heterocycles. The van der Waals surface area contributed by atoms with E-state index in [9.17, 15) is 14.4 Å². The second-order valence-electron chi connectivity index (χ2n) is 2.67. The SMILES string of the molecule is CC(=O)N[C@@H](CSC(C)=O)C(C)=O. The van der Waals surface area contributed by atoms with Crippen molar-refractivity contribution in [1.29, 1.82) is 0 Å². The molecule has 0 aliphatic carbocycles. The number of hydrogen-bond donors (Lipinski definition) is 1. The Hall–Kier alpha value is -0.840. The van der Waals surface area contributed by atoms with Crippen LogP contribution in [0.5, 0.6) is 0 Å². The van der Waals surface area contributed by atoms with Gasteiger partial charge in [-0.1, -0.05) is 11.8 Å². The van der Waals surface area contributed by atoms with E-state index in [-0.39, 0.29) is 16.8 Å². The molecule has 0 spiro atoms. The Morgan fingerprint density at radius 3 is 2.08 bits per heavy atom. The van der Waals surface area contributed by atoms with Gasteiger partial charge in [-0.25, -0.2) is 0 Å². The van der Waals surface area contributed by atoms with Gasteiger partial charge >= 0.3 is 0 Å². The first-order chi connectivity index (χ1) is 5.93. The van der Waals surface area contributed by atoms with Gasteiger partial charge < -0.3 is 5.32 Å². The first-order valence-electron chi connectivity index (χ1n) is 3.84. The Morgan fingerprint density at radius 2 is 1.77 bits per heavy atom. The molecule has 0 saturated heterocycles. The summed E-state index contributed by atoms with van der Waals surface area (Å²) in [6.45, 7) is 4.16. The summed E-state index contributed by atoms with van der Waals surface area (Å²) in [6, 6.07) is -0.550. The fourth-order valence-corrected chi connectivity index (χ4v) is 1.43. The summed E-state index contributed by atoms with van der Waals surface area (Å²) >= 11 is 1.04. The van der Waals surface area contributed by atoms with Crippen LogP contribution in [0.15, 0.2) is 0 Å². The summed E-state index contributed by atoms with van der Waals surface area (Å²) in [6.07, 6.45) is 0. The molecule has 0 unspecified atom stereocenters. The summed E-state index contributed by atoms with van der Waals surface area (Å²) in [5, 5.41) is 2.41. The molecule has 5 heteroatoms. The summed E-state index contributed by atoms with van der Waals surface area (Å²) in [4.78, 5) is 32.2. The van der Waals surface area contributed by atoms with Gasteiger partial charge in [-0.05, 0) is 6.92 Å². The average Bonchev–Trinajstić information content (AvgIpc) is 1.96.